The predicted octanol–water partition coefficient (Wildman–Crippen LogP) is 2.30. The molecule has 0 aliphatic heterocycles. The van der Waals surface area contributed by atoms with Gasteiger partial charge in [0.15, 0.2) is 11.9 Å². The Morgan fingerprint density at radius 3 is 2.29 bits per heavy atom. The summed E-state index contributed by atoms with van der Waals surface area (Å²) in [5.74, 6) is 0.720. The van der Waals surface area contributed by atoms with Gasteiger partial charge in [0, 0.05) is 4.47 Å². The van der Waals surface area contributed by atoms with Crippen molar-refractivity contribution in [2.24, 2.45) is 7.05 Å². The highest BCUT2D eigenvalue weighted by Crippen LogP contribution is 2.21. The lowest BCUT2D eigenvalue weighted by Crippen LogP contribution is -2.32. The maximum absolute atomic E-state index is 12.8. The van der Waals surface area contributed by atoms with Crippen molar-refractivity contribution in [2.45, 2.75) is 9.92 Å². The highest BCUT2D eigenvalue weighted by atomic mass is 79.9. The van der Waals surface area contributed by atoms with Crippen LogP contribution in [0.15, 0.2) is 69.1 Å². The maximum Gasteiger partial charge on any atom is 0.286 e. The number of rotatable bonds is 4. The number of ether oxygens (including phenoxy) is 1. The first-order chi connectivity index (χ1) is 11.4. The fourth-order valence-electron chi connectivity index (χ4n) is 2.24. The molecule has 0 aliphatic rings. The van der Waals surface area contributed by atoms with Gasteiger partial charge in [-0.2, -0.15) is 0 Å². The number of hydrogen-bond donors (Lipinski definition) is 0. The molecule has 0 N–H and O–H groups in total. The Balaban J connectivity index is 2.03. The van der Waals surface area contributed by atoms with Gasteiger partial charge in [-0.15, -0.1) is 9.36 Å². The molecular weight excluding hydrogens is 394 g/mol. The van der Waals surface area contributed by atoms with Crippen LogP contribution in [0.1, 0.15) is 0 Å². The summed E-state index contributed by atoms with van der Waals surface area (Å²) >= 11 is 3.30. The number of sulfone groups is 1. The summed E-state index contributed by atoms with van der Waals surface area (Å²) in [5.41, 5.74) is 0.739. The number of methoxy groups -OCH3 is 1. The van der Waals surface area contributed by atoms with Gasteiger partial charge in [0.25, 0.3) is 5.03 Å². The van der Waals surface area contributed by atoms with Crippen molar-refractivity contribution in [2.75, 3.05) is 7.11 Å². The van der Waals surface area contributed by atoms with Crippen molar-refractivity contribution >= 4 is 25.8 Å². The van der Waals surface area contributed by atoms with Crippen molar-refractivity contribution in [3.05, 3.63) is 59.2 Å². The standard InChI is InChI=1S/C16H15BrN3O3S/c1-19-16(24(21,22)15-9-3-12(17)4-10-15)11-20(18-19)13-5-7-14(23-2)8-6-13/h3-11H,1-2H3/q+1. The van der Waals surface area contributed by atoms with E-state index in [-0.39, 0.29) is 9.92 Å². The lowest BCUT2D eigenvalue weighted by atomic mass is 10.3. The van der Waals surface area contributed by atoms with Gasteiger partial charge in [-0.25, -0.2) is 8.42 Å². The molecule has 3 aromatic rings. The first-order valence-corrected chi connectivity index (χ1v) is 9.30. The highest BCUT2D eigenvalue weighted by molar-refractivity contribution is 9.10. The number of halogens is 1. The van der Waals surface area contributed by atoms with Gasteiger partial charge in [0.2, 0.25) is 9.84 Å². The van der Waals surface area contributed by atoms with E-state index in [1.807, 2.05) is 12.1 Å². The second-order valence-electron chi connectivity index (χ2n) is 5.08. The molecule has 0 spiro atoms. The summed E-state index contributed by atoms with van der Waals surface area (Å²) < 4.78 is 34.4. The molecule has 1 heterocycles. The van der Waals surface area contributed by atoms with Crippen molar-refractivity contribution in [1.82, 2.24) is 9.90 Å². The van der Waals surface area contributed by atoms with Crippen LogP contribution in [0.25, 0.3) is 5.69 Å². The minimum Gasteiger partial charge on any atom is -0.497 e. The number of aryl methyl sites for hydroxylation is 1. The summed E-state index contributed by atoms with van der Waals surface area (Å²) in [4.78, 5) is 0.218. The first kappa shape index (κ1) is 16.7. The van der Waals surface area contributed by atoms with E-state index in [2.05, 4.69) is 21.1 Å². The molecule has 6 nitrogen and oxygen atoms in total. The lowest BCUT2D eigenvalue weighted by Gasteiger charge is -2.00. The quantitative estimate of drug-likeness (QED) is 0.621. The van der Waals surface area contributed by atoms with E-state index in [1.165, 1.54) is 15.6 Å². The van der Waals surface area contributed by atoms with Crippen molar-refractivity contribution in [3.63, 3.8) is 0 Å². The van der Waals surface area contributed by atoms with Crippen molar-refractivity contribution in [1.29, 1.82) is 0 Å². The monoisotopic (exact) mass is 408 g/mol. The zero-order chi connectivity index (χ0) is 17.3. The molecule has 0 radical (unpaired) electrons. The molecule has 24 heavy (non-hydrogen) atoms. The van der Waals surface area contributed by atoms with Crippen LogP contribution in [-0.4, -0.2) is 25.4 Å². The zero-order valence-corrected chi connectivity index (χ0v) is 15.5. The van der Waals surface area contributed by atoms with Gasteiger partial charge in [0.05, 0.1) is 17.2 Å². The van der Waals surface area contributed by atoms with Gasteiger partial charge in [-0.3, -0.25) is 0 Å². The number of aromatic nitrogens is 3. The van der Waals surface area contributed by atoms with Crippen LogP contribution in [0.5, 0.6) is 5.75 Å². The summed E-state index contributed by atoms with van der Waals surface area (Å²) in [7, 11) is -0.460. The fourth-order valence-corrected chi connectivity index (χ4v) is 3.86. The molecular formula is C16H15BrN3O3S+. The van der Waals surface area contributed by atoms with E-state index in [1.54, 1.807) is 50.6 Å². The van der Waals surface area contributed by atoms with Crippen LogP contribution in [0.4, 0.5) is 0 Å². The zero-order valence-electron chi connectivity index (χ0n) is 13.0. The Kier molecular flexibility index (Phi) is 4.42. The van der Waals surface area contributed by atoms with E-state index in [4.69, 9.17) is 4.74 Å². The van der Waals surface area contributed by atoms with Crippen molar-refractivity contribution in [3.8, 4) is 11.4 Å². The summed E-state index contributed by atoms with van der Waals surface area (Å²) in [6, 6.07) is 13.7. The van der Waals surface area contributed by atoms with Gasteiger partial charge in [-0.05, 0) is 48.5 Å². The van der Waals surface area contributed by atoms with Gasteiger partial charge < -0.3 is 4.74 Å². The Bertz CT molecular complexity index is 965. The molecule has 0 atom stereocenters. The number of benzene rings is 2. The van der Waals surface area contributed by atoms with Crippen LogP contribution in [0.3, 0.4) is 0 Å². The average Bonchev–Trinajstić information content (AvgIpc) is 2.98. The van der Waals surface area contributed by atoms with Gasteiger partial charge in [-0.1, -0.05) is 15.9 Å². The van der Waals surface area contributed by atoms with E-state index >= 15 is 0 Å². The van der Waals surface area contributed by atoms with Crippen LogP contribution in [0.2, 0.25) is 0 Å². The van der Waals surface area contributed by atoms with E-state index in [9.17, 15) is 8.42 Å². The smallest absolute Gasteiger partial charge is 0.286 e. The molecule has 0 amide bonds. The third kappa shape index (κ3) is 3.07. The van der Waals surface area contributed by atoms with Crippen molar-refractivity contribution < 1.29 is 17.8 Å². The third-order valence-corrected chi connectivity index (χ3v) is 5.86. The van der Waals surface area contributed by atoms with Crippen LogP contribution in [-0.2, 0) is 16.9 Å². The maximum atomic E-state index is 12.8. The van der Waals surface area contributed by atoms with Gasteiger partial charge in [0.1, 0.15) is 12.8 Å². The molecule has 8 heteroatoms. The molecule has 124 valence electrons. The lowest BCUT2D eigenvalue weighted by molar-refractivity contribution is -0.662. The average molecular weight is 409 g/mol. The molecule has 0 saturated carbocycles. The SMILES string of the molecule is COc1ccc(-[n+]2cc(S(=O)(=O)c3ccc(Br)cc3)n(C)n2)cc1. The third-order valence-electron chi connectivity index (χ3n) is 3.52. The molecule has 2 aromatic carbocycles. The molecule has 0 aliphatic carbocycles. The number of nitrogens with zero attached hydrogens (tertiary/aromatic N) is 3. The molecule has 0 bridgehead atoms. The molecule has 0 unspecified atom stereocenters. The highest BCUT2D eigenvalue weighted by Gasteiger charge is 2.29. The Labute approximate surface area is 148 Å². The summed E-state index contributed by atoms with van der Waals surface area (Å²) in [6.07, 6.45) is 1.50. The molecule has 0 saturated heterocycles. The molecule has 1 aromatic heterocycles. The fraction of sp³-hybridized carbons (Fsp3) is 0.125. The predicted molar refractivity (Wildman–Crippen MR) is 90.9 cm³/mol. The second kappa shape index (κ2) is 6.37. The van der Waals surface area contributed by atoms with Crippen LogP contribution >= 0.6 is 15.9 Å². The molecule has 0 fully saturated rings. The van der Waals surface area contributed by atoms with E-state index < -0.39 is 9.84 Å². The summed E-state index contributed by atoms with van der Waals surface area (Å²) in [5, 5.41) is 4.36. The Morgan fingerprint density at radius 1 is 1.08 bits per heavy atom. The minimum atomic E-state index is -3.65. The van der Waals surface area contributed by atoms with Gasteiger partial charge >= 0.3 is 0 Å². The van der Waals surface area contributed by atoms with Crippen LogP contribution < -0.4 is 9.42 Å². The Morgan fingerprint density at radius 2 is 1.71 bits per heavy atom. The molecule has 3 rings (SSSR count). The number of hydrogen-bond acceptors (Lipinski definition) is 4. The second-order valence-corrected chi connectivity index (χ2v) is 7.89. The van der Waals surface area contributed by atoms with Crippen LogP contribution in [0, 0.1) is 0 Å². The minimum absolute atomic E-state index is 0.112. The first-order valence-electron chi connectivity index (χ1n) is 7.03. The summed E-state index contributed by atoms with van der Waals surface area (Å²) in [6.45, 7) is 0. The van der Waals surface area contributed by atoms with E-state index in [0.29, 0.717) is 0 Å². The van der Waals surface area contributed by atoms with E-state index in [0.717, 1.165) is 15.9 Å². The largest absolute Gasteiger partial charge is 0.497 e. The normalized spacial score (nSPS) is 11.5. The topological polar surface area (TPSA) is 65.1 Å². The Hall–Kier alpha value is -2.19.